The topological polar surface area (TPSA) is 96.2 Å². The second-order valence-corrected chi connectivity index (χ2v) is 6.38. The lowest BCUT2D eigenvalue weighted by Gasteiger charge is -2.39. The number of aromatic nitrogens is 4. The maximum atomic E-state index is 12.0. The Morgan fingerprint density at radius 3 is 3.00 bits per heavy atom. The minimum atomic E-state index is -0.993. The number of nitrogens with one attached hydrogen (secondary N) is 1. The lowest BCUT2D eigenvalue weighted by molar-refractivity contribution is -0.123. The summed E-state index contributed by atoms with van der Waals surface area (Å²) in [6.07, 6.45) is 9.40. The summed E-state index contributed by atoms with van der Waals surface area (Å²) < 4.78 is 1.45. The third-order valence-corrected chi connectivity index (χ3v) is 4.15. The molecular formula is C15H19ClN6O2. The van der Waals surface area contributed by atoms with E-state index in [4.69, 9.17) is 11.6 Å². The molecule has 0 aliphatic carbocycles. The fraction of sp³-hybridized carbons (Fsp3) is 0.467. The Bertz CT molecular complexity index is 694. The van der Waals surface area contributed by atoms with E-state index in [-0.39, 0.29) is 19.0 Å². The number of β-amino-alcohol motifs (C(OH)–C–C–N with tert-alkyl or cyclic N) is 1. The molecule has 1 atom stereocenters. The van der Waals surface area contributed by atoms with E-state index in [1.807, 2.05) is 4.90 Å². The molecule has 0 spiro atoms. The van der Waals surface area contributed by atoms with Crippen LogP contribution in [0.3, 0.4) is 0 Å². The number of nitrogens with zero attached hydrogens (tertiary/aromatic N) is 5. The lowest BCUT2D eigenvalue weighted by atomic mass is 9.92. The van der Waals surface area contributed by atoms with Crippen LogP contribution >= 0.6 is 11.6 Å². The van der Waals surface area contributed by atoms with E-state index in [1.54, 1.807) is 24.8 Å². The molecule has 24 heavy (non-hydrogen) atoms. The summed E-state index contributed by atoms with van der Waals surface area (Å²) in [5.41, 5.74) is -0.993. The molecule has 8 nitrogen and oxygen atoms in total. The van der Waals surface area contributed by atoms with Crippen molar-refractivity contribution < 1.29 is 9.90 Å². The van der Waals surface area contributed by atoms with Crippen LogP contribution in [0.25, 0.3) is 0 Å². The number of piperidine rings is 1. The third-order valence-electron chi connectivity index (χ3n) is 3.95. The number of hydrogen-bond donors (Lipinski definition) is 2. The van der Waals surface area contributed by atoms with Crippen LogP contribution in [0.4, 0.5) is 5.82 Å². The Hall–Kier alpha value is -2.19. The molecule has 1 aliphatic rings. The van der Waals surface area contributed by atoms with Crippen LogP contribution in [-0.2, 0) is 11.3 Å². The van der Waals surface area contributed by atoms with Gasteiger partial charge in [0.25, 0.3) is 0 Å². The first-order valence-electron chi connectivity index (χ1n) is 7.72. The first kappa shape index (κ1) is 16.7. The van der Waals surface area contributed by atoms with Gasteiger partial charge >= 0.3 is 0 Å². The smallest absolute Gasteiger partial charge is 0.241 e. The van der Waals surface area contributed by atoms with E-state index in [0.29, 0.717) is 18.0 Å². The lowest BCUT2D eigenvalue weighted by Crippen LogP contribution is -2.54. The first-order valence-corrected chi connectivity index (χ1v) is 8.10. The van der Waals surface area contributed by atoms with E-state index in [2.05, 4.69) is 20.4 Å². The second-order valence-electron chi connectivity index (χ2n) is 5.95. The van der Waals surface area contributed by atoms with Crippen molar-refractivity contribution in [2.45, 2.75) is 25.0 Å². The summed E-state index contributed by atoms with van der Waals surface area (Å²) in [6, 6.07) is 0. The van der Waals surface area contributed by atoms with E-state index < -0.39 is 5.60 Å². The maximum absolute atomic E-state index is 12.0. The molecule has 0 unspecified atom stereocenters. The molecule has 9 heteroatoms. The molecule has 2 N–H and O–H groups in total. The van der Waals surface area contributed by atoms with Crippen LogP contribution in [0.2, 0.25) is 5.02 Å². The zero-order valence-electron chi connectivity index (χ0n) is 13.1. The van der Waals surface area contributed by atoms with Crippen LogP contribution in [0.15, 0.2) is 31.0 Å². The first-order chi connectivity index (χ1) is 11.5. The molecule has 0 saturated carbocycles. The molecule has 3 heterocycles. The van der Waals surface area contributed by atoms with E-state index in [0.717, 1.165) is 18.8 Å². The zero-order chi connectivity index (χ0) is 17.0. The number of carbonyl (C=O) groups excluding carboxylic acids is 1. The molecule has 0 radical (unpaired) electrons. The predicted molar refractivity (Wildman–Crippen MR) is 88.7 cm³/mol. The van der Waals surface area contributed by atoms with Crippen molar-refractivity contribution in [1.29, 1.82) is 0 Å². The molecule has 3 rings (SSSR count). The molecule has 1 saturated heterocycles. The molecule has 1 amide bonds. The summed E-state index contributed by atoms with van der Waals surface area (Å²) in [7, 11) is 0. The number of carbonyl (C=O) groups is 1. The molecule has 0 bridgehead atoms. The number of aliphatic hydroxyl groups is 1. The van der Waals surface area contributed by atoms with Gasteiger partial charge in [0.2, 0.25) is 5.91 Å². The molecule has 2 aromatic rings. The van der Waals surface area contributed by atoms with Gasteiger partial charge in [0.15, 0.2) is 0 Å². The average Bonchev–Trinajstić information content (AvgIpc) is 2.99. The zero-order valence-corrected chi connectivity index (χ0v) is 13.9. The Balaban J connectivity index is 1.54. The number of anilines is 1. The van der Waals surface area contributed by atoms with E-state index >= 15 is 0 Å². The Labute approximate surface area is 144 Å². The SMILES string of the molecule is O=C(Cn1cc(Cl)cn1)NC[C@@]1(O)CCCN(c2cnccn2)C1. The number of halogens is 1. The van der Waals surface area contributed by atoms with Crippen molar-refractivity contribution >= 4 is 23.3 Å². The standard InChI is InChI=1S/C15H19ClN6O2/c16-12-6-20-22(8-12)9-14(23)19-10-15(24)2-1-5-21(11-15)13-7-17-3-4-18-13/h3-4,6-8,24H,1-2,5,9-11H2,(H,19,23)/t15-/m0/s1. The van der Waals surface area contributed by atoms with Crippen molar-refractivity contribution in [3.63, 3.8) is 0 Å². The van der Waals surface area contributed by atoms with Crippen molar-refractivity contribution in [2.24, 2.45) is 0 Å². The van der Waals surface area contributed by atoms with Crippen LogP contribution in [-0.4, -0.2) is 56.0 Å². The highest BCUT2D eigenvalue weighted by Gasteiger charge is 2.34. The average molecular weight is 351 g/mol. The highest BCUT2D eigenvalue weighted by Crippen LogP contribution is 2.23. The van der Waals surface area contributed by atoms with Crippen LogP contribution in [0.1, 0.15) is 12.8 Å². The summed E-state index contributed by atoms with van der Waals surface area (Å²) in [4.78, 5) is 22.3. The number of amides is 1. The number of rotatable bonds is 5. The fourth-order valence-electron chi connectivity index (χ4n) is 2.80. The Kier molecular flexibility index (Phi) is 4.96. The van der Waals surface area contributed by atoms with Crippen LogP contribution in [0, 0.1) is 0 Å². The van der Waals surface area contributed by atoms with Crippen molar-refractivity contribution in [2.75, 3.05) is 24.5 Å². The normalized spacial score (nSPS) is 20.8. The molecule has 0 aromatic carbocycles. The summed E-state index contributed by atoms with van der Waals surface area (Å²) >= 11 is 5.77. The second kappa shape index (κ2) is 7.14. The van der Waals surface area contributed by atoms with Gasteiger partial charge in [-0.1, -0.05) is 11.6 Å². The van der Waals surface area contributed by atoms with Gasteiger partial charge in [0.05, 0.1) is 23.0 Å². The monoisotopic (exact) mass is 350 g/mol. The van der Waals surface area contributed by atoms with Crippen molar-refractivity contribution in [1.82, 2.24) is 25.1 Å². The third kappa shape index (κ3) is 4.21. The van der Waals surface area contributed by atoms with Crippen LogP contribution in [0.5, 0.6) is 0 Å². The van der Waals surface area contributed by atoms with Gasteiger partial charge in [-0.2, -0.15) is 5.10 Å². The van der Waals surface area contributed by atoms with Crippen molar-refractivity contribution in [3.05, 3.63) is 36.0 Å². The van der Waals surface area contributed by atoms with Crippen LogP contribution < -0.4 is 10.2 Å². The Morgan fingerprint density at radius 2 is 2.29 bits per heavy atom. The minimum absolute atomic E-state index is 0.0661. The largest absolute Gasteiger partial charge is 0.386 e. The fourth-order valence-corrected chi connectivity index (χ4v) is 2.95. The van der Waals surface area contributed by atoms with E-state index in [1.165, 1.54) is 10.9 Å². The van der Waals surface area contributed by atoms with Gasteiger partial charge in [-0.3, -0.25) is 14.5 Å². The Morgan fingerprint density at radius 1 is 1.42 bits per heavy atom. The predicted octanol–water partition coefficient (Wildman–Crippen LogP) is 0.474. The highest BCUT2D eigenvalue weighted by molar-refractivity contribution is 6.30. The molecule has 1 fully saturated rings. The quantitative estimate of drug-likeness (QED) is 0.814. The molecular weight excluding hydrogens is 332 g/mol. The van der Waals surface area contributed by atoms with Gasteiger partial charge in [-0.05, 0) is 12.8 Å². The van der Waals surface area contributed by atoms with Gasteiger partial charge in [0, 0.05) is 38.2 Å². The highest BCUT2D eigenvalue weighted by atomic mass is 35.5. The van der Waals surface area contributed by atoms with Crippen molar-refractivity contribution in [3.8, 4) is 0 Å². The molecule has 2 aromatic heterocycles. The molecule has 1 aliphatic heterocycles. The van der Waals surface area contributed by atoms with Gasteiger partial charge in [-0.15, -0.1) is 0 Å². The van der Waals surface area contributed by atoms with Gasteiger partial charge in [-0.25, -0.2) is 4.98 Å². The van der Waals surface area contributed by atoms with Gasteiger partial charge in [0.1, 0.15) is 12.4 Å². The number of hydrogen-bond acceptors (Lipinski definition) is 6. The maximum Gasteiger partial charge on any atom is 0.241 e. The van der Waals surface area contributed by atoms with E-state index in [9.17, 15) is 9.90 Å². The molecule has 128 valence electrons. The summed E-state index contributed by atoms with van der Waals surface area (Å²) in [5, 5.41) is 18.0. The van der Waals surface area contributed by atoms with Gasteiger partial charge < -0.3 is 15.3 Å². The minimum Gasteiger partial charge on any atom is -0.386 e. The summed E-state index contributed by atoms with van der Waals surface area (Å²) in [5.74, 6) is 0.507. The summed E-state index contributed by atoms with van der Waals surface area (Å²) in [6.45, 7) is 1.45.